The van der Waals surface area contributed by atoms with Crippen LogP contribution in [0.1, 0.15) is 86.1 Å². The molecule has 2 aromatic rings. The van der Waals surface area contributed by atoms with Crippen LogP contribution in [0.5, 0.6) is 0 Å². The Balaban J connectivity index is 1.45. The molecule has 0 radical (unpaired) electrons. The summed E-state index contributed by atoms with van der Waals surface area (Å²) in [6, 6.07) is 8.92. The van der Waals surface area contributed by atoms with Crippen molar-refractivity contribution in [3.63, 3.8) is 0 Å². The highest BCUT2D eigenvalue weighted by atomic mass is 16.7. The number of cyclic esters (lactones) is 1. The topological polar surface area (TPSA) is 163 Å². The number of ketones is 2. The number of fused-ring (bicyclic) bond motifs is 2. The molecule has 1 aromatic heterocycles. The number of rotatable bonds is 9. The van der Waals surface area contributed by atoms with Crippen LogP contribution in [0.25, 0.3) is 10.9 Å². The number of amides is 1. The van der Waals surface area contributed by atoms with Gasteiger partial charge in [0.2, 0.25) is 0 Å². The van der Waals surface area contributed by atoms with Gasteiger partial charge in [-0.3, -0.25) is 19.4 Å². The number of unbranched alkanes of at least 4 members (excludes halogenated alkanes) is 1. The number of aromatic nitrogens is 1. The third-order valence-electron chi connectivity index (χ3n) is 12.4. The van der Waals surface area contributed by atoms with E-state index in [0.29, 0.717) is 19.3 Å². The number of alkyl carbamates (subject to hydrolysis) is 1. The molecule has 1 amide bonds. The monoisotopic (exact) mass is 767 g/mol. The van der Waals surface area contributed by atoms with Gasteiger partial charge in [0, 0.05) is 42.5 Å². The second kappa shape index (κ2) is 17.3. The molecule has 0 saturated carbocycles. The summed E-state index contributed by atoms with van der Waals surface area (Å²) in [6.07, 6.45) is -0.205. The minimum absolute atomic E-state index is 0.133. The highest BCUT2D eigenvalue weighted by Gasteiger charge is 2.57. The number of benzene rings is 1. The first kappa shape index (κ1) is 42.6. The molecular weight excluding hydrogens is 706 g/mol. The number of hydrogen-bond acceptors (Lipinski definition) is 12. The predicted molar refractivity (Wildman–Crippen MR) is 205 cm³/mol. The summed E-state index contributed by atoms with van der Waals surface area (Å²) in [4.78, 5) is 62.2. The van der Waals surface area contributed by atoms with Gasteiger partial charge in [0.25, 0.3) is 0 Å². The predicted octanol–water partition coefficient (Wildman–Crippen LogP) is 5.03. The molecule has 3 aliphatic heterocycles. The zero-order valence-electron chi connectivity index (χ0n) is 34.1. The van der Waals surface area contributed by atoms with Crippen molar-refractivity contribution in [2.24, 2.45) is 23.7 Å². The number of nitrogens with one attached hydrogen (secondary N) is 1. The molecule has 2 N–H and O–H groups in total. The van der Waals surface area contributed by atoms with Gasteiger partial charge in [-0.25, -0.2) is 4.79 Å². The minimum atomic E-state index is -1.41. The zero-order chi connectivity index (χ0) is 40.4. The van der Waals surface area contributed by atoms with Crippen LogP contribution in [0.4, 0.5) is 4.79 Å². The van der Waals surface area contributed by atoms with Gasteiger partial charge >= 0.3 is 12.1 Å². The van der Waals surface area contributed by atoms with Crippen molar-refractivity contribution in [1.29, 1.82) is 0 Å². The molecule has 55 heavy (non-hydrogen) atoms. The number of carbonyl (C=O) groups excluding carboxylic acids is 4. The minimum Gasteiger partial charge on any atom is -0.457 e. The van der Waals surface area contributed by atoms with E-state index in [1.807, 2.05) is 56.4 Å². The van der Waals surface area contributed by atoms with Gasteiger partial charge in [-0.15, -0.1) is 0 Å². The molecule has 5 rings (SSSR count). The number of para-hydroxylation sites is 1. The van der Waals surface area contributed by atoms with E-state index < -0.39 is 83.4 Å². The van der Waals surface area contributed by atoms with Gasteiger partial charge < -0.3 is 39.0 Å². The van der Waals surface area contributed by atoms with Crippen LogP contribution < -0.4 is 5.32 Å². The Hall–Kier alpha value is -3.49. The van der Waals surface area contributed by atoms with Crippen LogP contribution in [0.2, 0.25) is 0 Å². The first-order chi connectivity index (χ1) is 25.9. The lowest BCUT2D eigenvalue weighted by Gasteiger charge is -2.47. The fraction of sp³-hybridized carbons (Fsp3) is 0.690. The van der Waals surface area contributed by atoms with E-state index in [2.05, 4.69) is 16.4 Å². The van der Waals surface area contributed by atoms with Crippen molar-refractivity contribution in [1.82, 2.24) is 15.2 Å². The molecule has 9 unspecified atom stereocenters. The largest absolute Gasteiger partial charge is 0.457 e. The molecular formula is C42H61N3O10. The van der Waals surface area contributed by atoms with Crippen LogP contribution in [0.15, 0.2) is 36.5 Å². The number of methoxy groups -OCH3 is 1. The van der Waals surface area contributed by atoms with E-state index in [9.17, 15) is 24.3 Å². The second-order valence-electron chi connectivity index (χ2n) is 16.8. The van der Waals surface area contributed by atoms with Crippen LogP contribution in [0.3, 0.4) is 0 Å². The lowest BCUT2D eigenvalue weighted by Crippen LogP contribution is -2.60. The summed E-state index contributed by atoms with van der Waals surface area (Å²) in [7, 11) is 5.23. The third kappa shape index (κ3) is 9.06. The van der Waals surface area contributed by atoms with E-state index in [1.54, 1.807) is 34.6 Å². The summed E-state index contributed by atoms with van der Waals surface area (Å²) < 4.78 is 31.0. The maximum absolute atomic E-state index is 14.4. The SMILES string of the molecule is CO[C@]1(C)C[C@@H](C)C(=O)C(C)C2NC(=O)OC2(C)[C@@H](CCCCc2cnc3ccccc3c2)OC(=O)C(C)C(=O)[C@H](C)C1OC1OC(C)CC(N(C)C)C1O. The van der Waals surface area contributed by atoms with Crippen LogP contribution in [0, 0.1) is 23.7 Å². The summed E-state index contributed by atoms with van der Waals surface area (Å²) in [5.41, 5.74) is -0.675. The molecule has 4 heterocycles. The number of nitrogens with zero attached hydrogens (tertiary/aromatic N) is 2. The normalized spacial score (nSPS) is 37.9. The van der Waals surface area contributed by atoms with E-state index >= 15 is 0 Å². The zero-order valence-corrected chi connectivity index (χ0v) is 34.1. The number of hydrogen-bond donors (Lipinski definition) is 2. The Morgan fingerprint density at radius 2 is 1.71 bits per heavy atom. The molecule has 13 nitrogen and oxygen atoms in total. The van der Waals surface area contributed by atoms with Crippen molar-refractivity contribution in [2.45, 2.75) is 141 Å². The summed E-state index contributed by atoms with van der Waals surface area (Å²) >= 11 is 0. The summed E-state index contributed by atoms with van der Waals surface area (Å²) in [6.45, 7) is 12.1. The molecule has 13 atom stereocenters. The number of aryl methyl sites for hydroxylation is 1. The van der Waals surface area contributed by atoms with Gasteiger partial charge in [0.05, 0.1) is 29.4 Å². The average molecular weight is 768 g/mol. The molecule has 1 aromatic carbocycles. The van der Waals surface area contributed by atoms with Gasteiger partial charge in [-0.1, -0.05) is 39.0 Å². The Labute approximate surface area is 325 Å². The molecule has 304 valence electrons. The Bertz CT molecular complexity index is 1700. The molecule has 0 aliphatic carbocycles. The highest BCUT2D eigenvalue weighted by molar-refractivity contribution is 6.00. The summed E-state index contributed by atoms with van der Waals surface area (Å²) in [5, 5.41) is 15.3. The van der Waals surface area contributed by atoms with Crippen LogP contribution >= 0.6 is 0 Å². The lowest BCUT2D eigenvalue weighted by molar-refractivity contribution is -0.295. The Morgan fingerprint density at radius 1 is 1.00 bits per heavy atom. The summed E-state index contributed by atoms with van der Waals surface area (Å²) in [5.74, 6) is -4.97. The number of likely N-dealkylation sites (N-methyl/N-ethyl adjacent to an activating group) is 1. The number of pyridine rings is 1. The fourth-order valence-corrected chi connectivity index (χ4v) is 8.95. The van der Waals surface area contributed by atoms with E-state index in [4.69, 9.17) is 23.7 Å². The van der Waals surface area contributed by atoms with E-state index in [0.717, 1.165) is 29.3 Å². The maximum atomic E-state index is 14.4. The number of ether oxygens (including phenoxy) is 5. The fourth-order valence-electron chi connectivity index (χ4n) is 8.95. The van der Waals surface area contributed by atoms with E-state index in [1.165, 1.54) is 14.0 Å². The van der Waals surface area contributed by atoms with Crippen LogP contribution in [-0.4, -0.2) is 114 Å². The average Bonchev–Trinajstić information content (AvgIpc) is 3.47. The molecule has 3 saturated heterocycles. The molecule has 13 heteroatoms. The second-order valence-corrected chi connectivity index (χ2v) is 16.8. The number of carbonyl (C=O) groups is 4. The van der Waals surface area contributed by atoms with Crippen molar-refractivity contribution in [2.75, 3.05) is 21.2 Å². The maximum Gasteiger partial charge on any atom is 0.408 e. The number of Topliss-reactive ketones (excluding diaryl/α,β-unsaturated/α-hetero) is 2. The number of aliphatic hydroxyl groups excluding tert-OH is 1. The standard InChI is InChI=1S/C42H61N3O10/c1-23-21-41(6,51-10)37(54-39-35(48)31(45(8)9)19-24(2)52-39)26(4)34(47)27(5)38(49)53-32(42(7)36(25(3)33(23)46)44-40(50)55-42)18-14-11-15-28-20-29-16-12-13-17-30(29)43-22-28/h12-13,16-17,20,22-27,31-32,35-37,39,48H,11,14-15,18-19,21H2,1-10H3,(H,44,50)/t23-,24?,25?,26+,27?,31?,32-,35?,36?,37?,39?,41-,42?/m1/s1. The van der Waals surface area contributed by atoms with Gasteiger partial charge in [0.1, 0.15) is 23.9 Å². The third-order valence-corrected chi connectivity index (χ3v) is 12.4. The molecule has 3 fully saturated rings. The van der Waals surface area contributed by atoms with Crippen molar-refractivity contribution >= 4 is 34.5 Å². The first-order valence-corrected chi connectivity index (χ1v) is 19.7. The smallest absolute Gasteiger partial charge is 0.408 e. The molecule has 3 aliphatic rings. The molecule has 0 bridgehead atoms. The Morgan fingerprint density at radius 3 is 2.40 bits per heavy atom. The number of aliphatic hydroxyl groups is 1. The van der Waals surface area contributed by atoms with Gasteiger partial charge in [0.15, 0.2) is 17.7 Å². The lowest BCUT2D eigenvalue weighted by atomic mass is 9.73. The van der Waals surface area contributed by atoms with Gasteiger partial charge in [-0.05, 0) is 98.0 Å². The first-order valence-electron chi connectivity index (χ1n) is 19.7. The van der Waals surface area contributed by atoms with Crippen molar-refractivity contribution in [3.05, 3.63) is 42.1 Å². The van der Waals surface area contributed by atoms with E-state index in [-0.39, 0.29) is 24.3 Å². The van der Waals surface area contributed by atoms with Crippen molar-refractivity contribution in [3.8, 4) is 0 Å². The molecule has 0 spiro atoms. The van der Waals surface area contributed by atoms with Crippen molar-refractivity contribution < 1.29 is 48.0 Å². The number of esters is 1. The van der Waals surface area contributed by atoms with Crippen LogP contribution in [-0.2, 0) is 44.5 Å². The quantitative estimate of drug-likeness (QED) is 0.199. The van der Waals surface area contributed by atoms with Gasteiger partial charge in [-0.2, -0.15) is 0 Å². The Kier molecular flexibility index (Phi) is 13.4. The highest BCUT2D eigenvalue weighted by Crippen LogP contribution is 2.40.